The van der Waals surface area contributed by atoms with Crippen LogP contribution >= 0.6 is 0 Å². The Hall–Kier alpha value is -4.15. The van der Waals surface area contributed by atoms with Crippen LogP contribution in [0.5, 0.6) is 0 Å². The number of benzene rings is 3. The zero-order chi connectivity index (χ0) is 27.6. The number of rotatable bonds is 9. The van der Waals surface area contributed by atoms with Crippen LogP contribution in [0, 0.1) is 5.92 Å². The molecule has 39 heavy (non-hydrogen) atoms. The molecule has 0 bridgehead atoms. The summed E-state index contributed by atoms with van der Waals surface area (Å²) in [6.45, 7) is 0.782. The lowest BCUT2D eigenvalue weighted by atomic mass is 10.00. The number of amides is 1. The average molecular weight is 536 g/mol. The van der Waals surface area contributed by atoms with Gasteiger partial charge in [0.2, 0.25) is 0 Å². The monoisotopic (exact) mass is 535 g/mol. The number of carbonyl (C=O) groups is 1. The summed E-state index contributed by atoms with van der Waals surface area (Å²) in [4.78, 5) is 13.3. The van der Waals surface area contributed by atoms with Crippen molar-refractivity contribution >= 4 is 17.3 Å². The summed E-state index contributed by atoms with van der Waals surface area (Å²) in [5, 5.41) is 6.41. The largest absolute Gasteiger partial charge is 0.435 e. The Morgan fingerprint density at radius 1 is 1.03 bits per heavy atom. The zero-order valence-electron chi connectivity index (χ0n) is 21.0. The normalized spacial score (nSPS) is 14.3. The molecule has 5 N–H and O–H groups in total. The van der Waals surface area contributed by atoms with E-state index in [1.165, 1.54) is 0 Å². The molecule has 0 saturated heterocycles. The average Bonchev–Trinajstić information content (AvgIpc) is 3.62. The first-order valence-corrected chi connectivity index (χ1v) is 12.6. The second-order valence-corrected chi connectivity index (χ2v) is 9.60. The van der Waals surface area contributed by atoms with Gasteiger partial charge in [0.05, 0.1) is 12.3 Å². The van der Waals surface area contributed by atoms with E-state index in [1.54, 1.807) is 48.5 Å². The van der Waals surface area contributed by atoms with Crippen molar-refractivity contribution in [3.05, 3.63) is 107 Å². The van der Waals surface area contributed by atoms with Crippen LogP contribution in [-0.2, 0) is 17.5 Å². The SMILES string of the molecule is NCc1cccc(-n2nc(C(F)(F)F)cc2C(=O)Nc2cccc(C(OCC3CC3)c3cccc(N)c3)c2)c1. The Balaban J connectivity index is 1.45. The van der Waals surface area contributed by atoms with Gasteiger partial charge in [0.25, 0.3) is 5.91 Å². The van der Waals surface area contributed by atoms with Gasteiger partial charge < -0.3 is 21.5 Å². The van der Waals surface area contributed by atoms with Gasteiger partial charge in [-0.15, -0.1) is 0 Å². The third-order valence-corrected chi connectivity index (χ3v) is 6.48. The summed E-state index contributed by atoms with van der Waals surface area (Å²) < 4.78 is 47.9. The predicted molar refractivity (Wildman–Crippen MR) is 142 cm³/mol. The molecule has 1 heterocycles. The van der Waals surface area contributed by atoms with Crippen molar-refractivity contribution in [3.63, 3.8) is 0 Å². The van der Waals surface area contributed by atoms with E-state index >= 15 is 0 Å². The van der Waals surface area contributed by atoms with Crippen LogP contribution in [0.4, 0.5) is 24.5 Å². The van der Waals surface area contributed by atoms with E-state index < -0.39 is 23.9 Å². The maximum absolute atomic E-state index is 13.5. The molecular formula is C29H28F3N5O2. The van der Waals surface area contributed by atoms with E-state index in [2.05, 4.69) is 10.4 Å². The third kappa shape index (κ3) is 6.30. The first-order chi connectivity index (χ1) is 18.7. The van der Waals surface area contributed by atoms with Crippen LogP contribution in [0.25, 0.3) is 5.69 Å². The fraction of sp³-hybridized carbons (Fsp3) is 0.241. The number of hydrogen-bond donors (Lipinski definition) is 3. The highest BCUT2D eigenvalue weighted by Crippen LogP contribution is 2.35. The van der Waals surface area contributed by atoms with Crippen LogP contribution in [0.3, 0.4) is 0 Å². The van der Waals surface area contributed by atoms with E-state index in [9.17, 15) is 18.0 Å². The molecule has 1 amide bonds. The first-order valence-electron chi connectivity index (χ1n) is 12.6. The topological polar surface area (TPSA) is 108 Å². The maximum atomic E-state index is 13.5. The molecule has 1 unspecified atom stereocenters. The lowest BCUT2D eigenvalue weighted by Crippen LogP contribution is -2.17. The smallest absolute Gasteiger partial charge is 0.399 e. The van der Waals surface area contributed by atoms with Crippen molar-refractivity contribution < 1.29 is 22.7 Å². The van der Waals surface area contributed by atoms with Gasteiger partial charge in [0.1, 0.15) is 11.8 Å². The molecule has 10 heteroatoms. The zero-order valence-corrected chi connectivity index (χ0v) is 21.0. The third-order valence-electron chi connectivity index (χ3n) is 6.48. The van der Waals surface area contributed by atoms with E-state index in [0.717, 1.165) is 34.7 Å². The number of nitrogens with two attached hydrogens (primary N) is 2. The van der Waals surface area contributed by atoms with Crippen molar-refractivity contribution in [1.29, 1.82) is 0 Å². The van der Waals surface area contributed by atoms with Crippen LogP contribution in [0.1, 0.15) is 51.8 Å². The van der Waals surface area contributed by atoms with Crippen molar-refractivity contribution in [1.82, 2.24) is 9.78 Å². The molecule has 202 valence electrons. The maximum Gasteiger partial charge on any atom is 0.435 e. The van der Waals surface area contributed by atoms with Gasteiger partial charge in [-0.05, 0) is 71.8 Å². The number of aromatic nitrogens is 2. The van der Waals surface area contributed by atoms with Crippen LogP contribution in [0.15, 0.2) is 78.9 Å². The number of nitrogens with zero attached hydrogens (tertiary/aromatic N) is 2. The Bertz CT molecular complexity index is 1480. The summed E-state index contributed by atoms with van der Waals surface area (Å²) in [6.07, 6.45) is -2.90. The van der Waals surface area contributed by atoms with Gasteiger partial charge >= 0.3 is 6.18 Å². The molecule has 4 aromatic rings. The molecule has 1 aliphatic rings. The van der Waals surface area contributed by atoms with E-state index in [1.807, 2.05) is 24.3 Å². The Kier molecular flexibility index (Phi) is 7.40. The predicted octanol–water partition coefficient (Wildman–Crippen LogP) is 5.70. The second kappa shape index (κ2) is 10.9. The first kappa shape index (κ1) is 26.5. The summed E-state index contributed by atoms with van der Waals surface area (Å²) >= 11 is 0. The molecule has 1 atom stereocenters. The number of nitrogen functional groups attached to an aromatic ring is 1. The lowest BCUT2D eigenvalue weighted by Gasteiger charge is -2.20. The molecule has 1 fully saturated rings. The molecule has 1 saturated carbocycles. The molecule has 7 nitrogen and oxygen atoms in total. The van der Waals surface area contributed by atoms with Gasteiger partial charge in [0.15, 0.2) is 5.69 Å². The highest BCUT2D eigenvalue weighted by Gasteiger charge is 2.36. The molecule has 1 aliphatic carbocycles. The molecule has 0 spiro atoms. The number of hydrogen-bond acceptors (Lipinski definition) is 5. The van der Waals surface area contributed by atoms with Crippen molar-refractivity contribution in [2.75, 3.05) is 17.7 Å². The summed E-state index contributed by atoms with van der Waals surface area (Å²) in [6, 6.07) is 21.7. The molecule has 5 rings (SSSR count). The fourth-order valence-corrected chi connectivity index (χ4v) is 4.29. The van der Waals surface area contributed by atoms with E-state index in [0.29, 0.717) is 35.2 Å². The molecule has 3 aromatic carbocycles. The van der Waals surface area contributed by atoms with Crippen LogP contribution < -0.4 is 16.8 Å². The van der Waals surface area contributed by atoms with E-state index in [4.69, 9.17) is 16.2 Å². The Morgan fingerprint density at radius 2 is 1.74 bits per heavy atom. The lowest BCUT2D eigenvalue weighted by molar-refractivity contribution is -0.141. The number of halogens is 3. The number of anilines is 2. The van der Waals surface area contributed by atoms with Crippen molar-refractivity contribution in [2.45, 2.75) is 31.7 Å². The number of carbonyl (C=O) groups excluding carboxylic acids is 1. The fourth-order valence-electron chi connectivity index (χ4n) is 4.29. The highest BCUT2D eigenvalue weighted by molar-refractivity contribution is 6.03. The quantitative estimate of drug-likeness (QED) is 0.238. The van der Waals surface area contributed by atoms with Gasteiger partial charge in [0, 0.05) is 24.0 Å². The minimum absolute atomic E-state index is 0.187. The summed E-state index contributed by atoms with van der Waals surface area (Å²) in [7, 11) is 0. The van der Waals surface area contributed by atoms with Crippen LogP contribution in [-0.4, -0.2) is 22.3 Å². The van der Waals surface area contributed by atoms with Crippen molar-refractivity contribution in [2.24, 2.45) is 11.7 Å². The number of ether oxygens (including phenoxy) is 1. The van der Waals surface area contributed by atoms with Crippen LogP contribution in [0.2, 0.25) is 0 Å². The van der Waals surface area contributed by atoms with Gasteiger partial charge in [-0.25, -0.2) is 4.68 Å². The molecular weight excluding hydrogens is 507 g/mol. The van der Waals surface area contributed by atoms with Gasteiger partial charge in [-0.3, -0.25) is 4.79 Å². The highest BCUT2D eigenvalue weighted by atomic mass is 19.4. The second-order valence-electron chi connectivity index (χ2n) is 9.60. The van der Waals surface area contributed by atoms with Gasteiger partial charge in [-0.1, -0.05) is 36.4 Å². The summed E-state index contributed by atoms with van der Waals surface area (Å²) in [5.41, 5.74) is 13.9. The van der Waals surface area contributed by atoms with E-state index in [-0.39, 0.29) is 12.2 Å². The minimum Gasteiger partial charge on any atom is -0.399 e. The molecule has 0 radical (unpaired) electrons. The minimum atomic E-state index is -4.73. The standard InChI is InChI=1S/C29H28F3N5O2/c30-29(31,32)26-15-25(37(36-26)24-9-1-4-19(12-24)16-33)28(38)35-23-8-3-6-21(14-23)27(39-17-18-10-11-18)20-5-2-7-22(34)13-20/h1-9,12-15,18,27H,10-11,16-17,33-34H2,(H,35,38). The molecule has 1 aromatic heterocycles. The Labute approximate surface area is 223 Å². The summed E-state index contributed by atoms with van der Waals surface area (Å²) in [5.74, 6) is -0.218. The number of nitrogens with one attached hydrogen (secondary N) is 1. The molecule has 0 aliphatic heterocycles. The Morgan fingerprint density at radius 3 is 2.44 bits per heavy atom. The van der Waals surface area contributed by atoms with Gasteiger partial charge in [-0.2, -0.15) is 18.3 Å². The number of alkyl halides is 3. The van der Waals surface area contributed by atoms with Crippen molar-refractivity contribution in [3.8, 4) is 5.69 Å².